The Morgan fingerprint density at radius 1 is 1.17 bits per heavy atom. The summed E-state index contributed by atoms with van der Waals surface area (Å²) in [5.74, 6) is -5.52. The van der Waals surface area contributed by atoms with E-state index in [0.717, 1.165) is 12.1 Å². The first-order valence-corrected chi connectivity index (χ1v) is 5.16. The molecular formula is C10H8ClF5N2. The van der Waals surface area contributed by atoms with E-state index in [-0.39, 0.29) is 11.7 Å². The lowest BCUT2D eigenvalue weighted by atomic mass is 10.1. The molecule has 0 bridgehead atoms. The van der Waals surface area contributed by atoms with Crippen LogP contribution < -0.4 is 5.73 Å². The van der Waals surface area contributed by atoms with Gasteiger partial charge in [0.15, 0.2) is 0 Å². The van der Waals surface area contributed by atoms with Gasteiger partial charge in [-0.3, -0.25) is 0 Å². The molecule has 1 aromatic rings. The molecule has 1 aromatic carbocycles. The second kappa shape index (κ2) is 5.09. The Kier molecular flexibility index (Phi) is 4.16. The van der Waals surface area contributed by atoms with Crippen LogP contribution in [0.1, 0.15) is 5.56 Å². The zero-order valence-electron chi connectivity index (χ0n) is 8.81. The summed E-state index contributed by atoms with van der Waals surface area (Å²) in [5, 5.41) is 0. The molecule has 8 heteroatoms. The molecule has 1 rings (SSSR count). The Morgan fingerprint density at radius 2 is 1.72 bits per heavy atom. The van der Waals surface area contributed by atoms with Crippen molar-refractivity contribution in [1.82, 2.24) is 0 Å². The highest BCUT2D eigenvalue weighted by Gasteiger charge is 2.59. The average molecular weight is 287 g/mol. The van der Waals surface area contributed by atoms with Gasteiger partial charge in [0.25, 0.3) is 0 Å². The van der Waals surface area contributed by atoms with Crippen molar-refractivity contribution in [2.75, 3.05) is 5.88 Å². The van der Waals surface area contributed by atoms with Gasteiger partial charge >= 0.3 is 12.1 Å². The van der Waals surface area contributed by atoms with E-state index in [1.54, 1.807) is 0 Å². The molecule has 0 saturated heterocycles. The number of rotatable bonds is 3. The normalized spacial score (nSPS) is 13.8. The molecule has 0 atom stereocenters. The minimum Gasteiger partial charge on any atom is -0.386 e. The van der Waals surface area contributed by atoms with E-state index in [2.05, 4.69) is 4.99 Å². The zero-order chi connectivity index (χ0) is 14.0. The van der Waals surface area contributed by atoms with Crippen molar-refractivity contribution in [1.29, 1.82) is 0 Å². The van der Waals surface area contributed by atoms with Gasteiger partial charge < -0.3 is 5.73 Å². The fourth-order valence-electron chi connectivity index (χ4n) is 1.17. The number of amidine groups is 1. The second-order valence-electron chi connectivity index (χ2n) is 3.33. The van der Waals surface area contributed by atoms with E-state index in [9.17, 15) is 22.0 Å². The first-order valence-electron chi connectivity index (χ1n) is 4.63. The molecule has 100 valence electrons. The van der Waals surface area contributed by atoms with Gasteiger partial charge in [0, 0.05) is 0 Å². The van der Waals surface area contributed by atoms with E-state index >= 15 is 0 Å². The molecule has 0 unspecified atom stereocenters. The number of aliphatic imine (C=N–C) groups is 1. The summed E-state index contributed by atoms with van der Waals surface area (Å²) in [6, 6.07) is 3.99. The first-order chi connectivity index (χ1) is 8.20. The number of benzene rings is 1. The van der Waals surface area contributed by atoms with Gasteiger partial charge in [0.1, 0.15) is 5.84 Å². The molecule has 0 spiro atoms. The van der Waals surface area contributed by atoms with Crippen LogP contribution in [0.15, 0.2) is 29.3 Å². The quantitative estimate of drug-likeness (QED) is 0.392. The maximum Gasteiger partial charge on any atom is 0.458 e. The Balaban J connectivity index is 3.34. The van der Waals surface area contributed by atoms with Crippen LogP contribution in [-0.4, -0.2) is 17.9 Å². The third-order valence-corrected chi connectivity index (χ3v) is 2.27. The predicted molar refractivity (Wildman–Crippen MR) is 58.4 cm³/mol. The molecule has 0 radical (unpaired) electrons. The molecule has 0 fully saturated rings. The summed E-state index contributed by atoms with van der Waals surface area (Å²) < 4.78 is 63.2. The molecule has 0 aliphatic rings. The highest BCUT2D eigenvalue weighted by molar-refractivity contribution is 6.28. The smallest absolute Gasteiger partial charge is 0.386 e. The molecular weight excluding hydrogens is 279 g/mol. The Morgan fingerprint density at radius 3 is 2.22 bits per heavy atom. The maximum atomic E-state index is 13.2. The predicted octanol–water partition coefficient (Wildman–Crippen LogP) is 3.57. The molecule has 0 aliphatic heterocycles. The van der Waals surface area contributed by atoms with Gasteiger partial charge in [-0.2, -0.15) is 22.0 Å². The van der Waals surface area contributed by atoms with Crippen LogP contribution in [0.4, 0.5) is 27.6 Å². The summed E-state index contributed by atoms with van der Waals surface area (Å²) in [6.45, 7) is 0. The van der Waals surface area contributed by atoms with E-state index in [0.29, 0.717) is 6.07 Å². The highest BCUT2D eigenvalue weighted by atomic mass is 35.5. The lowest BCUT2D eigenvalue weighted by Gasteiger charge is -2.21. The molecule has 0 heterocycles. The highest BCUT2D eigenvalue weighted by Crippen LogP contribution is 2.46. The van der Waals surface area contributed by atoms with E-state index in [1.807, 2.05) is 0 Å². The van der Waals surface area contributed by atoms with Gasteiger partial charge in [-0.25, -0.2) is 4.99 Å². The number of nitrogens with two attached hydrogens (primary N) is 1. The number of nitrogens with zero attached hydrogens (tertiary/aromatic N) is 1. The molecule has 0 aromatic heterocycles. The zero-order valence-corrected chi connectivity index (χ0v) is 9.56. The van der Waals surface area contributed by atoms with Gasteiger partial charge in [-0.1, -0.05) is 18.2 Å². The summed E-state index contributed by atoms with van der Waals surface area (Å²) in [4.78, 5) is 3.44. The number of hydrogen-bond acceptors (Lipinski definition) is 1. The van der Waals surface area contributed by atoms with Crippen molar-refractivity contribution < 1.29 is 22.0 Å². The van der Waals surface area contributed by atoms with Crippen molar-refractivity contribution in [2.24, 2.45) is 10.7 Å². The van der Waals surface area contributed by atoms with Crippen LogP contribution in [0.3, 0.4) is 0 Å². The SMILES string of the molecule is NC(CCl)=Nc1ccccc1C(F)(F)C(F)(F)F. The monoisotopic (exact) mass is 286 g/mol. The fourth-order valence-corrected chi connectivity index (χ4v) is 1.23. The number of hydrogen-bond donors (Lipinski definition) is 1. The second-order valence-corrected chi connectivity index (χ2v) is 3.59. The van der Waals surface area contributed by atoms with Gasteiger partial charge in [-0.05, 0) is 6.07 Å². The number of alkyl halides is 6. The number of para-hydroxylation sites is 1. The van der Waals surface area contributed by atoms with Crippen LogP contribution in [0.5, 0.6) is 0 Å². The van der Waals surface area contributed by atoms with E-state index in [1.165, 1.54) is 6.07 Å². The van der Waals surface area contributed by atoms with E-state index in [4.69, 9.17) is 17.3 Å². The minimum absolute atomic E-state index is 0.248. The first kappa shape index (κ1) is 14.7. The van der Waals surface area contributed by atoms with Crippen LogP contribution in [0.2, 0.25) is 0 Å². The van der Waals surface area contributed by atoms with Crippen molar-refractivity contribution in [3.63, 3.8) is 0 Å². The lowest BCUT2D eigenvalue weighted by Crippen LogP contribution is -2.33. The van der Waals surface area contributed by atoms with Gasteiger partial charge in [-0.15, -0.1) is 11.6 Å². The molecule has 18 heavy (non-hydrogen) atoms. The van der Waals surface area contributed by atoms with Crippen LogP contribution in [0, 0.1) is 0 Å². The minimum atomic E-state index is -5.70. The Hall–Kier alpha value is -1.37. The summed E-state index contributed by atoms with van der Waals surface area (Å²) in [5.41, 5.74) is 3.40. The average Bonchev–Trinajstić information content (AvgIpc) is 2.28. The van der Waals surface area contributed by atoms with Gasteiger partial charge in [0.2, 0.25) is 0 Å². The third kappa shape index (κ3) is 2.90. The molecule has 0 amide bonds. The van der Waals surface area contributed by atoms with Crippen molar-refractivity contribution in [3.8, 4) is 0 Å². The largest absolute Gasteiger partial charge is 0.458 e. The van der Waals surface area contributed by atoms with Crippen LogP contribution in [0.25, 0.3) is 0 Å². The third-order valence-electron chi connectivity index (χ3n) is 2.00. The maximum absolute atomic E-state index is 13.2. The topological polar surface area (TPSA) is 38.4 Å². The standard InChI is InChI=1S/C10H8ClF5N2/c11-5-8(17)18-7-4-2-1-3-6(7)9(12,13)10(14,15)16/h1-4H,5H2,(H2,17,18). The van der Waals surface area contributed by atoms with Crippen molar-refractivity contribution >= 4 is 23.1 Å². The fraction of sp³-hybridized carbons (Fsp3) is 0.300. The van der Waals surface area contributed by atoms with Crippen LogP contribution in [-0.2, 0) is 5.92 Å². The Labute approximate surface area is 104 Å². The van der Waals surface area contributed by atoms with Crippen molar-refractivity contribution in [3.05, 3.63) is 29.8 Å². The molecule has 2 N–H and O–H groups in total. The summed E-state index contributed by atoms with van der Waals surface area (Å²) in [6.07, 6.45) is -5.70. The van der Waals surface area contributed by atoms with Crippen LogP contribution >= 0.6 is 11.6 Å². The Bertz CT molecular complexity index is 456. The number of halogens is 6. The van der Waals surface area contributed by atoms with E-state index < -0.39 is 23.3 Å². The molecule has 0 aliphatic carbocycles. The molecule has 2 nitrogen and oxygen atoms in total. The summed E-state index contributed by atoms with van der Waals surface area (Å²) >= 11 is 5.29. The lowest BCUT2D eigenvalue weighted by molar-refractivity contribution is -0.289. The summed E-state index contributed by atoms with van der Waals surface area (Å²) in [7, 11) is 0. The van der Waals surface area contributed by atoms with Gasteiger partial charge in [0.05, 0.1) is 17.1 Å². The molecule has 0 saturated carbocycles. The van der Waals surface area contributed by atoms with Crippen molar-refractivity contribution in [2.45, 2.75) is 12.1 Å².